The van der Waals surface area contributed by atoms with Crippen molar-refractivity contribution in [1.82, 2.24) is 4.90 Å². The number of likely N-dealkylation sites (tertiary alicyclic amines) is 1. The van der Waals surface area contributed by atoms with Crippen LogP contribution in [0.5, 0.6) is 11.5 Å². The highest BCUT2D eigenvalue weighted by atomic mass is 16.6. The molecule has 0 spiro atoms. The first-order valence-electron chi connectivity index (χ1n) is 8.47. The highest BCUT2D eigenvalue weighted by molar-refractivity contribution is 5.82. The van der Waals surface area contributed by atoms with E-state index >= 15 is 0 Å². The Balaban J connectivity index is 1.54. The molecule has 3 rings (SSSR count). The third kappa shape index (κ3) is 3.82. The number of methoxy groups -OCH3 is 1. The lowest BCUT2D eigenvalue weighted by atomic mass is 10.1. The summed E-state index contributed by atoms with van der Waals surface area (Å²) in [5.74, 6) is 1.70. The van der Waals surface area contributed by atoms with Gasteiger partial charge in [-0.2, -0.15) is 0 Å². The van der Waals surface area contributed by atoms with E-state index in [1.54, 1.807) is 7.11 Å². The second kappa shape index (κ2) is 7.85. The molecule has 3 atom stereocenters. The lowest BCUT2D eigenvalue weighted by Crippen LogP contribution is -2.50. The Morgan fingerprint density at radius 2 is 2.00 bits per heavy atom. The summed E-state index contributed by atoms with van der Waals surface area (Å²) in [5, 5.41) is 0. The lowest BCUT2D eigenvalue weighted by molar-refractivity contribution is -0.143. The van der Waals surface area contributed by atoms with Gasteiger partial charge in [-0.05, 0) is 25.5 Å². The summed E-state index contributed by atoms with van der Waals surface area (Å²) in [7, 11) is 1.66. The highest BCUT2D eigenvalue weighted by Gasteiger charge is 2.39. The van der Waals surface area contributed by atoms with Crippen molar-refractivity contribution in [3.63, 3.8) is 0 Å². The molecule has 1 saturated heterocycles. The molecule has 0 aliphatic carbocycles. The Hall–Kier alpha value is -1.79. The van der Waals surface area contributed by atoms with Crippen LogP contribution < -0.4 is 9.47 Å². The zero-order valence-electron chi connectivity index (χ0n) is 14.3. The van der Waals surface area contributed by atoms with Crippen LogP contribution in [-0.4, -0.2) is 63.0 Å². The Morgan fingerprint density at radius 3 is 2.75 bits per heavy atom. The maximum absolute atomic E-state index is 12.8. The van der Waals surface area contributed by atoms with E-state index in [1.807, 2.05) is 36.1 Å². The smallest absolute Gasteiger partial charge is 0.267 e. The first-order chi connectivity index (χ1) is 11.7. The van der Waals surface area contributed by atoms with E-state index in [9.17, 15) is 4.79 Å². The van der Waals surface area contributed by atoms with Crippen LogP contribution in [0.1, 0.15) is 13.3 Å². The molecule has 0 N–H and O–H groups in total. The third-order valence-electron chi connectivity index (χ3n) is 4.47. The number of nitrogens with zero attached hydrogens (tertiary/aromatic N) is 1. The molecular formula is C18H25NO5. The van der Waals surface area contributed by atoms with Gasteiger partial charge >= 0.3 is 0 Å². The molecular weight excluding hydrogens is 310 g/mol. The van der Waals surface area contributed by atoms with Crippen LogP contribution in [0.15, 0.2) is 24.3 Å². The van der Waals surface area contributed by atoms with Gasteiger partial charge in [0.05, 0.1) is 19.8 Å². The molecule has 2 heterocycles. The SMILES string of the molecule is COCCOCC1CCN(C(=O)C2Oc3ccccc3OC2C)C1. The summed E-state index contributed by atoms with van der Waals surface area (Å²) in [5.41, 5.74) is 0. The van der Waals surface area contributed by atoms with E-state index in [4.69, 9.17) is 18.9 Å². The second-order valence-electron chi connectivity index (χ2n) is 6.31. The normalized spacial score (nSPS) is 25.8. The maximum atomic E-state index is 12.8. The first kappa shape index (κ1) is 17.0. The second-order valence-corrected chi connectivity index (χ2v) is 6.31. The molecule has 24 heavy (non-hydrogen) atoms. The first-order valence-corrected chi connectivity index (χ1v) is 8.47. The highest BCUT2D eigenvalue weighted by Crippen LogP contribution is 2.34. The number of rotatable bonds is 6. The van der Waals surface area contributed by atoms with Gasteiger partial charge in [0.15, 0.2) is 11.5 Å². The van der Waals surface area contributed by atoms with Crippen LogP contribution >= 0.6 is 0 Å². The quantitative estimate of drug-likeness (QED) is 0.741. The zero-order chi connectivity index (χ0) is 16.9. The predicted molar refractivity (Wildman–Crippen MR) is 88.3 cm³/mol. The number of benzene rings is 1. The summed E-state index contributed by atoms with van der Waals surface area (Å²) >= 11 is 0. The summed E-state index contributed by atoms with van der Waals surface area (Å²) in [6.45, 7) is 5.17. The van der Waals surface area contributed by atoms with E-state index in [-0.39, 0.29) is 12.0 Å². The van der Waals surface area contributed by atoms with Crippen molar-refractivity contribution in [2.45, 2.75) is 25.6 Å². The van der Waals surface area contributed by atoms with Crippen LogP contribution in [0.3, 0.4) is 0 Å². The molecule has 132 valence electrons. The minimum Gasteiger partial charge on any atom is -0.482 e. The summed E-state index contributed by atoms with van der Waals surface area (Å²) in [4.78, 5) is 14.7. The van der Waals surface area contributed by atoms with E-state index in [1.165, 1.54) is 0 Å². The van der Waals surface area contributed by atoms with Gasteiger partial charge in [0, 0.05) is 26.1 Å². The topological polar surface area (TPSA) is 57.2 Å². The number of ether oxygens (including phenoxy) is 4. The summed E-state index contributed by atoms with van der Waals surface area (Å²) < 4.78 is 22.3. The molecule has 1 fully saturated rings. The average molecular weight is 335 g/mol. The van der Waals surface area contributed by atoms with Crippen LogP contribution in [0, 0.1) is 5.92 Å². The van der Waals surface area contributed by atoms with Crippen LogP contribution in [0.4, 0.5) is 0 Å². The van der Waals surface area contributed by atoms with Gasteiger partial charge in [0.25, 0.3) is 5.91 Å². The number of carbonyl (C=O) groups excluding carboxylic acids is 1. The van der Waals surface area contributed by atoms with Gasteiger partial charge in [-0.3, -0.25) is 4.79 Å². The Morgan fingerprint density at radius 1 is 1.25 bits per heavy atom. The van der Waals surface area contributed by atoms with Crippen molar-refractivity contribution in [2.75, 3.05) is 40.0 Å². The lowest BCUT2D eigenvalue weighted by Gasteiger charge is -2.33. The standard InChI is InChI=1S/C18H25NO5/c1-13-17(24-16-6-4-3-5-15(16)23-13)18(20)19-8-7-14(11-19)12-22-10-9-21-2/h3-6,13-14,17H,7-12H2,1-2H3. The molecule has 1 amide bonds. The van der Waals surface area contributed by atoms with E-state index < -0.39 is 6.10 Å². The van der Waals surface area contributed by atoms with Gasteiger partial charge in [0.1, 0.15) is 6.10 Å². The third-order valence-corrected chi connectivity index (χ3v) is 4.47. The fourth-order valence-electron chi connectivity index (χ4n) is 3.13. The molecule has 2 aliphatic rings. The maximum Gasteiger partial charge on any atom is 0.267 e. The number of carbonyl (C=O) groups is 1. The van der Waals surface area contributed by atoms with Crippen LogP contribution in [0.2, 0.25) is 0 Å². The molecule has 0 aromatic heterocycles. The van der Waals surface area contributed by atoms with Gasteiger partial charge in [-0.25, -0.2) is 0 Å². The van der Waals surface area contributed by atoms with E-state index in [0.717, 1.165) is 13.0 Å². The van der Waals surface area contributed by atoms with Crippen LogP contribution in [0.25, 0.3) is 0 Å². The number of fused-ring (bicyclic) bond motifs is 1. The number of amides is 1. The molecule has 0 saturated carbocycles. The van der Waals surface area contributed by atoms with Crippen molar-refractivity contribution in [2.24, 2.45) is 5.92 Å². The summed E-state index contributed by atoms with van der Waals surface area (Å²) in [6.07, 6.45) is 0.0644. The molecule has 0 radical (unpaired) electrons. The monoisotopic (exact) mass is 335 g/mol. The van der Waals surface area contributed by atoms with Gasteiger partial charge in [-0.1, -0.05) is 12.1 Å². The van der Waals surface area contributed by atoms with Crippen molar-refractivity contribution in [3.05, 3.63) is 24.3 Å². The van der Waals surface area contributed by atoms with E-state index in [2.05, 4.69) is 0 Å². The fourth-order valence-corrected chi connectivity index (χ4v) is 3.13. The summed E-state index contributed by atoms with van der Waals surface area (Å²) in [6, 6.07) is 7.46. The van der Waals surface area contributed by atoms with Crippen molar-refractivity contribution in [3.8, 4) is 11.5 Å². The van der Waals surface area contributed by atoms with Crippen molar-refractivity contribution in [1.29, 1.82) is 0 Å². The Bertz CT molecular complexity index is 564. The predicted octanol–water partition coefficient (Wildman–Crippen LogP) is 1.73. The number of hydrogen-bond donors (Lipinski definition) is 0. The fraction of sp³-hybridized carbons (Fsp3) is 0.611. The van der Waals surface area contributed by atoms with Gasteiger partial charge in [-0.15, -0.1) is 0 Å². The largest absolute Gasteiger partial charge is 0.482 e. The Kier molecular flexibility index (Phi) is 5.58. The molecule has 3 unspecified atom stereocenters. The van der Waals surface area contributed by atoms with Crippen LogP contribution in [-0.2, 0) is 14.3 Å². The molecule has 0 bridgehead atoms. The van der Waals surface area contributed by atoms with Crippen molar-refractivity contribution >= 4 is 5.91 Å². The van der Waals surface area contributed by atoms with E-state index in [0.29, 0.717) is 43.8 Å². The van der Waals surface area contributed by atoms with Crippen molar-refractivity contribution < 1.29 is 23.7 Å². The van der Waals surface area contributed by atoms with Gasteiger partial charge in [0.2, 0.25) is 6.10 Å². The average Bonchev–Trinajstić information content (AvgIpc) is 3.06. The van der Waals surface area contributed by atoms with Gasteiger partial charge < -0.3 is 23.8 Å². The zero-order valence-corrected chi connectivity index (χ0v) is 14.3. The molecule has 6 nitrogen and oxygen atoms in total. The molecule has 1 aromatic carbocycles. The molecule has 1 aromatic rings. The minimum atomic E-state index is -0.590. The minimum absolute atomic E-state index is 0.00334. The molecule has 6 heteroatoms. The number of hydrogen-bond acceptors (Lipinski definition) is 5. The Labute approximate surface area is 142 Å². The molecule has 2 aliphatic heterocycles. The number of para-hydroxylation sites is 2.